The molecular formula is C15H14BrNO3. The van der Waals surface area contributed by atoms with Crippen LogP contribution in [0.2, 0.25) is 0 Å². The first kappa shape index (κ1) is 16.0. The van der Waals surface area contributed by atoms with Gasteiger partial charge in [0.1, 0.15) is 0 Å². The number of rotatable bonds is 5. The predicted molar refractivity (Wildman–Crippen MR) is 80.7 cm³/mol. The molecule has 1 aromatic carbocycles. The van der Waals surface area contributed by atoms with Crippen LogP contribution < -0.4 is 5.32 Å². The summed E-state index contributed by atoms with van der Waals surface area (Å²) in [5, 5.41) is 2.39. The lowest BCUT2D eigenvalue weighted by molar-refractivity contribution is -0.143. The minimum absolute atomic E-state index is 0.114. The Balaban J connectivity index is 2.48. The van der Waals surface area contributed by atoms with Crippen molar-refractivity contribution in [3.8, 4) is 12.3 Å². The summed E-state index contributed by atoms with van der Waals surface area (Å²) in [6.07, 6.45) is 7.87. The van der Waals surface area contributed by atoms with Gasteiger partial charge in [-0.15, -0.1) is 6.42 Å². The van der Waals surface area contributed by atoms with E-state index in [1.807, 2.05) is 25.1 Å². The van der Waals surface area contributed by atoms with Crippen LogP contribution in [0, 0.1) is 19.3 Å². The summed E-state index contributed by atoms with van der Waals surface area (Å²) < 4.78 is 5.65. The molecule has 0 spiro atoms. The Morgan fingerprint density at radius 1 is 1.50 bits per heavy atom. The number of ether oxygens (including phenoxy) is 1. The van der Waals surface area contributed by atoms with Crippen LogP contribution in [-0.4, -0.2) is 25.0 Å². The van der Waals surface area contributed by atoms with Crippen LogP contribution in [0.5, 0.6) is 0 Å². The number of halogens is 1. The Hall–Kier alpha value is -2.06. The van der Waals surface area contributed by atoms with Crippen LogP contribution in [0.1, 0.15) is 11.1 Å². The van der Waals surface area contributed by atoms with Crippen molar-refractivity contribution in [2.24, 2.45) is 0 Å². The third kappa shape index (κ3) is 5.72. The highest BCUT2D eigenvalue weighted by Gasteiger charge is 2.04. The summed E-state index contributed by atoms with van der Waals surface area (Å²) in [5.41, 5.74) is 1.96. The molecule has 0 radical (unpaired) electrons. The largest absolute Gasteiger partial charge is 0.452 e. The van der Waals surface area contributed by atoms with Gasteiger partial charge in [-0.05, 0) is 30.2 Å². The Bertz CT molecular complexity index is 573. The van der Waals surface area contributed by atoms with E-state index in [0.717, 1.165) is 15.6 Å². The van der Waals surface area contributed by atoms with E-state index in [1.54, 1.807) is 6.08 Å². The first-order chi connectivity index (χ1) is 9.52. The number of nitrogens with one attached hydrogen (secondary N) is 1. The molecule has 1 amide bonds. The molecule has 0 aromatic heterocycles. The molecule has 0 unspecified atom stereocenters. The molecule has 104 valence electrons. The number of amides is 1. The molecule has 1 aromatic rings. The summed E-state index contributed by atoms with van der Waals surface area (Å²) in [6, 6.07) is 5.75. The number of benzene rings is 1. The monoisotopic (exact) mass is 335 g/mol. The van der Waals surface area contributed by atoms with E-state index in [1.165, 1.54) is 6.08 Å². The van der Waals surface area contributed by atoms with Crippen molar-refractivity contribution in [3.63, 3.8) is 0 Å². The third-order valence-corrected chi connectivity index (χ3v) is 2.97. The topological polar surface area (TPSA) is 55.4 Å². The van der Waals surface area contributed by atoms with Crippen molar-refractivity contribution in [2.75, 3.05) is 13.2 Å². The lowest BCUT2D eigenvalue weighted by atomic mass is 10.1. The van der Waals surface area contributed by atoms with Crippen molar-refractivity contribution < 1.29 is 14.3 Å². The van der Waals surface area contributed by atoms with Crippen LogP contribution in [0.3, 0.4) is 0 Å². The molecule has 0 bridgehead atoms. The molecule has 0 aliphatic heterocycles. The summed E-state index contributed by atoms with van der Waals surface area (Å²) >= 11 is 3.40. The molecule has 0 aliphatic rings. The van der Waals surface area contributed by atoms with Gasteiger partial charge in [0.05, 0.1) is 6.54 Å². The fraction of sp³-hybridized carbons (Fsp3) is 0.200. The van der Waals surface area contributed by atoms with Gasteiger partial charge in [0.25, 0.3) is 5.91 Å². The van der Waals surface area contributed by atoms with E-state index in [9.17, 15) is 9.59 Å². The molecule has 1 rings (SSSR count). The first-order valence-electron chi connectivity index (χ1n) is 5.84. The molecule has 5 heteroatoms. The quantitative estimate of drug-likeness (QED) is 0.509. The molecule has 0 atom stereocenters. The molecule has 1 N–H and O–H groups in total. The maximum atomic E-state index is 11.4. The number of aryl methyl sites for hydroxylation is 1. The molecule has 0 fully saturated rings. The van der Waals surface area contributed by atoms with Gasteiger partial charge in [-0.3, -0.25) is 4.79 Å². The number of carbonyl (C=O) groups is 2. The lowest BCUT2D eigenvalue weighted by Gasteiger charge is -2.02. The van der Waals surface area contributed by atoms with Gasteiger partial charge in [0.2, 0.25) is 0 Å². The zero-order valence-corrected chi connectivity index (χ0v) is 12.6. The van der Waals surface area contributed by atoms with E-state index in [-0.39, 0.29) is 13.2 Å². The lowest BCUT2D eigenvalue weighted by Crippen LogP contribution is -2.28. The summed E-state index contributed by atoms with van der Waals surface area (Å²) in [6.45, 7) is 1.74. The number of hydrogen-bond acceptors (Lipinski definition) is 3. The van der Waals surface area contributed by atoms with Crippen LogP contribution in [0.25, 0.3) is 6.08 Å². The Kier molecular flexibility index (Phi) is 6.54. The number of esters is 1. The zero-order chi connectivity index (χ0) is 15.0. The van der Waals surface area contributed by atoms with Gasteiger partial charge in [0.15, 0.2) is 6.61 Å². The van der Waals surface area contributed by atoms with Gasteiger partial charge in [-0.2, -0.15) is 0 Å². The van der Waals surface area contributed by atoms with Crippen LogP contribution in [0.15, 0.2) is 28.7 Å². The molecule has 0 heterocycles. The second-order valence-electron chi connectivity index (χ2n) is 3.95. The van der Waals surface area contributed by atoms with E-state index >= 15 is 0 Å². The summed E-state index contributed by atoms with van der Waals surface area (Å²) in [4.78, 5) is 22.6. The Morgan fingerprint density at radius 2 is 2.25 bits per heavy atom. The number of carbonyl (C=O) groups excluding carboxylic acids is 2. The summed E-state index contributed by atoms with van der Waals surface area (Å²) in [7, 11) is 0. The molecule has 4 nitrogen and oxygen atoms in total. The van der Waals surface area contributed by atoms with Crippen molar-refractivity contribution in [3.05, 3.63) is 39.9 Å². The SMILES string of the molecule is C#CCNC(=O)COC(=O)/C=C/c1ccc(C)cc1Br. The minimum Gasteiger partial charge on any atom is -0.452 e. The van der Waals surface area contributed by atoms with Gasteiger partial charge < -0.3 is 10.1 Å². The minimum atomic E-state index is -0.590. The van der Waals surface area contributed by atoms with Crippen molar-refractivity contribution >= 4 is 33.9 Å². The van der Waals surface area contributed by atoms with E-state index in [2.05, 4.69) is 27.2 Å². The summed E-state index contributed by atoms with van der Waals surface area (Å²) in [5.74, 6) is 1.23. The molecule has 0 aliphatic carbocycles. The molecule has 0 saturated heterocycles. The van der Waals surface area contributed by atoms with Crippen molar-refractivity contribution in [1.82, 2.24) is 5.32 Å². The second kappa shape index (κ2) is 8.18. The fourth-order valence-corrected chi connectivity index (χ4v) is 1.94. The van der Waals surface area contributed by atoms with Gasteiger partial charge in [0, 0.05) is 10.5 Å². The molecule has 0 saturated carbocycles. The van der Waals surface area contributed by atoms with Crippen LogP contribution >= 0.6 is 15.9 Å². The van der Waals surface area contributed by atoms with Crippen molar-refractivity contribution in [1.29, 1.82) is 0 Å². The Morgan fingerprint density at radius 3 is 2.90 bits per heavy atom. The highest BCUT2D eigenvalue weighted by Crippen LogP contribution is 2.19. The average Bonchev–Trinajstić information content (AvgIpc) is 2.41. The maximum absolute atomic E-state index is 11.4. The van der Waals surface area contributed by atoms with Gasteiger partial charge in [-0.1, -0.05) is 34.0 Å². The number of hydrogen-bond donors (Lipinski definition) is 1. The van der Waals surface area contributed by atoms with Crippen molar-refractivity contribution in [2.45, 2.75) is 6.92 Å². The normalized spacial score (nSPS) is 10.1. The van der Waals surface area contributed by atoms with Gasteiger partial charge >= 0.3 is 5.97 Å². The van der Waals surface area contributed by atoms with E-state index in [0.29, 0.717) is 0 Å². The Labute approximate surface area is 126 Å². The fourth-order valence-electron chi connectivity index (χ4n) is 1.31. The standard InChI is InChI=1S/C15H14BrNO3/c1-3-8-17-14(18)10-20-15(19)7-6-12-5-4-11(2)9-13(12)16/h1,4-7,9H,8,10H2,2H3,(H,17,18)/b7-6+. The highest BCUT2D eigenvalue weighted by molar-refractivity contribution is 9.10. The maximum Gasteiger partial charge on any atom is 0.331 e. The molecular weight excluding hydrogens is 322 g/mol. The average molecular weight is 336 g/mol. The predicted octanol–water partition coefficient (Wildman–Crippen LogP) is 2.06. The zero-order valence-electron chi connectivity index (χ0n) is 11.0. The van der Waals surface area contributed by atoms with Gasteiger partial charge in [-0.25, -0.2) is 4.79 Å². The van der Waals surface area contributed by atoms with E-state index < -0.39 is 11.9 Å². The van der Waals surface area contributed by atoms with E-state index in [4.69, 9.17) is 11.2 Å². The van der Waals surface area contributed by atoms with Crippen LogP contribution in [0.4, 0.5) is 0 Å². The van der Waals surface area contributed by atoms with Crippen LogP contribution in [-0.2, 0) is 14.3 Å². The smallest absolute Gasteiger partial charge is 0.331 e. The highest BCUT2D eigenvalue weighted by atomic mass is 79.9. The third-order valence-electron chi connectivity index (χ3n) is 2.29. The second-order valence-corrected chi connectivity index (χ2v) is 4.80. The molecule has 20 heavy (non-hydrogen) atoms. The number of terminal acetylenes is 1. The first-order valence-corrected chi connectivity index (χ1v) is 6.63.